The molecule has 2 heteroatoms. The van der Waals surface area contributed by atoms with E-state index in [1.165, 1.54) is 29.3 Å². The predicted octanol–water partition coefficient (Wildman–Crippen LogP) is 4.47. The Kier molecular flexibility index (Phi) is 6.11. The van der Waals surface area contributed by atoms with Crippen LogP contribution in [-0.2, 0) is 6.42 Å². The number of rotatable bonds is 6. The third-order valence-electron chi connectivity index (χ3n) is 2.44. The second-order valence-corrected chi connectivity index (χ2v) is 4.52. The highest BCUT2D eigenvalue weighted by molar-refractivity contribution is 9.10. The molecule has 0 saturated carbocycles. The van der Waals surface area contributed by atoms with Crippen LogP contribution in [0.2, 0.25) is 0 Å². The van der Waals surface area contributed by atoms with Crippen LogP contribution in [0.4, 0.5) is 0 Å². The van der Waals surface area contributed by atoms with E-state index in [-0.39, 0.29) is 0 Å². The van der Waals surface area contributed by atoms with Gasteiger partial charge in [0, 0.05) is 10.9 Å². The van der Waals surface area contributed by atoms with Crippen molar-refractivity contribution in [1.82, 2.24) is 0 Å². The zero-order chi connectivity index (χ0) is 10.9. The molecule has 15 heavy (non-hydrogen) atoms. The largest absolute Gasteiger partial charge is 0.198 e. The van der Waals surface area contributed by atoms with Gasteiger partial charge in [0.15, 0.2) is 0 Å². The summed E-state index contributed by atoms with van der Waals surface area (Å²) in [4.78, 5) is 0. The molecule has 0 heterocycles. The van der Waals surface area contributed by atoms with Crippen molar-refractivity contribution in [2.24, 2.45) is 0 Å². The van der Waals surface area contributed by atoms with Crippen molar-refractivity contribution in [2.45, 2.75) is 38.5 Å². The molecule has 0 aliphatic heterocycles. The van der Waals surface area contributed by atoms with Crippen LogP contribution in [0, 0.1) is 11.3 Å². The minimum atomic E-state index is 0.703. The molecule has 0 N–H and O–H groups in total. The Bertz CT molecular complexity index is 328. The molecular weight excluding hydrogens is 250 g/mol. The van der Waals surface area contributed by atoms with Crippen LogP contribution in [0.25, 0.3) is 0 Å². The highest BCUT2D eigenvalue weighted by atomic mass is 79.9. The van der Waals surface area contributed by atoms with Gasteiger partial charge in [-0.15, -0.1) is 0 Å². The highest BCUT2D eigenvalue weighted by Crippen LogP contribution is 2.18. The average molecular weight is 266 g/mol. The number of benzene rings is 1. The number of hydrogen-bond acceptors (Lipinski definition) is 1. The van der Waals surface area contributed by atoms with Gasteiger partial charge in [-0.25, -0.2) is 0 Å². The first-order chi connectivity index (χ1) is 7.34. The summed E-state index contributed by atoms with van der Waals surface area (Å²) in [7, 11) is 0. The monoisotopic (exact) mass is 265 g/mol. The van der Waals surface area contributed by atoms with E-state index in [9.17, 15) is 0 Å². The summed E-state index contributed by atoms with van der Waals surface area (Å²) in [5.41, 5.74) is 1.39. The molecule has 0 amide bonds. The van der Waals surface area contributed by atoms with Crippen LogP contribution in [0.15, 0.2) is 28.7 Å². The van der Waals surface area contributed by atoms with Crippen LogP contribution in [0.1, 0.15) is 37.7 Å². The van der Waals surface area contributed by atoms with Gasteiger partial charge in [0.25, 0.3) is 0 Å². The second kappa shape index (κ2) is 7.48. The average Bonchev–Trinajstić information content (AvgIpc) is 2.25. The normalized spacial score (nSPS) is 9.87. The molecule has 0 atom stereocenters. The molecule has 1 aromatic rings. The molecule has 0 bridgehead atoms. The Balaban J connectivity index is 2.16. The third-order valence-corrected chi connectivity index (χ3v) is 3.22. The van der Waals surface area contributed by atoms with Crippen molar-refractivity contribution in [3.8, 4) is 6.07 Å². The summed E-state index contributed by atoms with van der Waals surface area (Å²) in [6, 6.07) is 10.6. The Morgan fingerprint density at radius 3 is 2.53 bits per heavy atom. The molecule has 80 valence electrons. The van der Waals surface area contributed by atoms with E-state index in [0.717, 1.165) is 12.8 Å². The first-order valence-corrected chi connectivity index (χ1v) is 6.24. The lowest BCUT2D eigenvalue weighted by Gasteiger charge is -2.03. The lowest BCUT2D eigenvalue weighted by atomic mass is 10.1. The fraction of sp³-hybridized carbons (Fsp3) is 0.462. The van der Waals surface area contributed by atoms with Crippen LogP contribution >= 0.6 is 15.9 Å². The molecule has 1 aromatic carbocycles. The van der Waals surface area contributed by atoms with Crippen molar-refractivity contribution in [3.05, 3.63) is 34.3 Å². The van der Waals surface area contributed by atoms with E-state index >= 15 is 0 Å². The minimum absolute atomic E-state index is 0.703. The van der Waals surface area contributed by atoms with Gasteiger partial charge in [-0.3, -0.25) is 0 Å². The van der Waals surface area contributed by atoms with Crippen molar-refractivity contribution in [2.75, 3.05) is 0 Å². The lowest BCUT2D eigenvalue weighted by molar-refractivity contribution is 0.648. The summed E-state index contributed by atoms with van der Waals surface area (Å²) in [6.07, 6.45) is 6.50. The fourth-order valence-electron chi connectivity index (χ4n) is 1.57. The summed E-state index contributed by atoms with van der Waals surface area (Å²) in [6.45, 7) is 0. The second-order valence-electron chi connectivity index (χ2n) is 3.66. The molecule has 0 radical (unpaired) electrons. The van der Waals surface area contributed by atoms with Gasteiger partial charge in [0.05, 0.1) is 6.07 Å². The molecule has 1 rings (SSSR count). The van der Waals surface area contributed by atoms with E-state index in [1.807, 2.05) is 6.07 Å². The van der Waals surface area contributed by atoms with Gasteiger partial charge in [-0.05, 0) is 30.9 Å². The molecule has 0 aliphatic carbocycles. The summed E-state index contributed by atoms with van der Waals surface area (Å²) in [5, 5.41) is 8.38. The first-order valence-electron chi connectivity index (χ1n) is 5.45. The molecule has 1 nitrogen and oxygen atoms in total. The number of nitrogens with zero attached hydrogens (tertiary/aromatic N) is 1. The van der Waals surface area contributed by atoms with Gasteiger partial charge in [0.2, 0.25) is 0 Å². The van der Waals surface area contributed by atoms with Crippen LogP contribution in [0.3, 0.4) is 0 Å². The number of unbranched alkanes of at least 4 members (excludes halogenated alkanes) is 4. The zero-order valence-corrected chi connectivity index (χ0v) is 10.5. The number of halogens is 1. The summed E-state index contributed by atoms with van der Waals surface area (Å²) in [5.74, 6) is 0. The Labute approximate surface area is 100 Å². The van der Waals surface area contributed by atoms with E-state index in [4.69, 9.17) is 5.26 Å². The quantitative estimate of drug-likeness (QED) is 0.697. The SMILES string of the molecule is N#CCCCCCCc1ccccc1Br. The molecule has 0 aromatic heterocycles. The van der Waals surface area contributed by atoms with Gasteiger partial charge >= 0.3 is 0 Å². The van der Waals surface area contributed by atoms with Gasteiger partial charge in [0.1, 0.15) is 0 Å². The molecule has 0 aliphatic rings. The number of hydrogen-bond donors (Lipinski definition) is 0. The Morgan fingerprint density at radius 1 is 1.07 bits per heavy atom. The van der Waals surface area contributed by atoms with Crippen LogP contribution < -0.4 is 0 Å². The minimum Gasteiger partial charge on any atom is -0.198 e. The Hall–Kier alpha value is -0.810. The van der Waals surface area contributed by atoms with Gasteiger partial charge in [-0.1, -0.05) is 47.0 Å². The van der Waals surface area contributed by atoms with Gasteiger partial charge < -0.3 is 0 Å². The maximum absolute atomic E-state index is 8.38. The first kappa shape index (κ1) is 12.3. The van der Waals surface area contributed by atoms with E-state index in [0.29, 0.717) is 6.42 Å². The Morgan fingerprint density at radius 2 is 1.80 bits per heavy atom. The van der Waals surface area contributed by atoms with E-state index in [1.54, 1.807) is 0 Å². The maximum atomic E-state index is 8.38. The zero-order valence-electron chi connectivity index (χ0n) is 8.88. The molecular formula is C13H16BrN. The molecule has 0 unspecified atom stereocenters. The highest BCUT2D eigenvalue weighted by Gasteiger charge is 1.97. The standard InChI is InChI=1S/C13H16BrN/c14-13-10-6-5-9-12(13)8-4-2-1-3-7-11-15/h5-6,9-10H,1-4,7-8H2. The topological polar surface area (TPSA) is 23.8 Å². The fourth-order valence-corrected chi connectivity index (χ4v) is 2.06. The number of aryl methyl sites for hydroxylation is 1. The van der Waals surface area contributed by atoms with Crippen molar-refractivity contribution in [1.29, 1.82) is 5.26 Å². The van der Waals surface area contributed by atoms with Crippen molar-refractivity contribution in [3.63, 3.8) is 0 Å². The van der Waals surface area contributed by atoms with E-state index in [2.05, 4.69) is 40.2 Å². The molecule has 0 spiro atoms. The van der Waals surface area contributed by atoms with Crippen molar-refractivity contribution >= 4 is 15.9 Å². The molecule has 0 fully saturated rings. The number of nitriles is 1. The van der Waals surface area contributed by atoms with Crippen LogP contribution in [0.5, 0.6) is 0 Å². The summed E-state index contributed by atoms with van der Waals surface area (Å²) < 4.78 is 1.21. The lowest BCUT2D eigenvalue weighted by Crippen LogP contribution is -1.87. The van der Waals surface area contributed by atoms with Crippen LogP contribution in [-0.4, -0.2) is 0 Å². The molecule has 0 saturated heterocycles. The predicted molar refractivity (Wildman–Crippen MR) is 66.5 cm³/mol. The third kappa shape index (κ3) is 4.99. The smallest absolute Gasteiger partial charge is 0.0621 e. The maximum Gasteiger partial charge on any atom is 0.0621 e. The van der Waals surface area contributed by atoms with E-state index < -0.39 is 0 Å². The summed E-state index contributed by atoms with van der Waals surface area (Å²) >= 11 is 3.55. The van der Waals surface area contributed by atoms with Crippen molar-refractivity contribution < 1.29 is 0 Å². The van der Waals surface area contributed by atoms with Gasteiger partial charge in [-0.2, -0.15) is 5.26 Å².